The van der Waals surface area contributed by atoms with Gasteiger partial charge >= 0.3 is 0 Å². The van der Waals surface area contributed by atoms with Crippen molar-refractivity contribution in [2.24, 2.45) is 0 Å². The Morgan fingerprint density at radius 1 is 1.24 bits per heavy atom. The fraction of sp³-hybridized carbons (Fsp3) is 0.429. The Morgan fingerprint density at radius 3 is 2.65 bits per heavy atom. The molecule has 17 heavy (non-hydrogen) atoms. The maximum atomic E-state index is 10.7. The Hall–Kier alpha value is -1.48. The van der Waals surface area contributed by atoms with E-state index in [1.165, 1.54) is 0 Å². The van der Waals surface area contributed by atoms with Gasteiger partial charge in [-0.2, -0.15) is 0 Å². The molecule has 3 rings (SSSR count). The smallest absolute Gasteiger partial charge is 0.150 e. The maximum absolute atomic E-state index is 10.7. The van der Waals surface area contributed by atoms with Crippen LogP contribution in [-0.4, -0.2) is 17.2 Å². The molecule has 1 aromatic carbocycles. The zero-order chi connectivity index (χ0) is 11.9. The molecule has 2 aromatic rings. The van der Waals surface area contributed by atoms with Gasteiger partial charge in [-0.15, -0.1) is 0 Å². The molecule has 0 atom stereocenters. The van der Waals surface area contributed by atoms with Crippen molar-refractivity contribution in [3.05, 3.63) is 30.0 Å². The first-order valence-corrected chi connectivity index (χ1v) is 6.12. The van der Waals surface area contributed by atoms with E-state index in [-0.39, 0.29) is 0 Å². The topological polar surface area (TPSA) is 45.2 Å². The number of fused-ring (bicyclic) bond motifs is 1. The minimum Gasteiger partial charge on any atom is -0.494 e. The van der Waals surface area contributed by atoms with Crippen LogP contribution in [0.5, 0.6) is 5.75 Å². The van der Waals surface area contributed by atoms with Crippen molar-refractivity contribution in [1.82, 2.24) is 4.98 Å². The molecule has 1 aliphatic rings. The number of hydrogen-bond acceptors (Lipinski definition) is 2. The van der Waals surface area contributed by atoms with Crippen molar-refractivity contribution in [1.29, 1.82) is 0 Å². The highest BCUT2D eigenvalue weighted by molar-refractivity contribution is 5.88. The minimum absolute atomic E-state index is 0.732. The normalized spacial score (nSPS) is 18.7. The molecule has 1 aromatic heterocycles. The Bertz CT molecular complexity index is 538. The first-order chi connectivity index (χ1) is 8.24. The molecule has 3 nitrogen and oxygen atoms in total. The lowest BCUT2D eigenvalue weighted by Gasteiger charge is -2.21. The molecule has 1 saturated carbocycles. The van der Waals surface area contributed by atoms with Crippen LogP contribution >= 0.6 is 0 Å². The number of ether oxygens (including phenoxy) is 1. The maximum Gasteiger partial charge on any atom is 0.150 e. The van der Waals surface area contributed by atoms with Crippen molar-refractivity contribution < 1.29 is 9.84 Å². The van der Waals surface area contributed by atoms with E-state index in [9.17, 15) is 5.11 Å². The molecule has 2 N–H and O–H groups in total. The van der Waals surface area contributed by atoms with Crippen molar-refractivity contribution >= 4 is 10.9 Å². The van der Waals surface area contributed by atoms with Crippen LogP contribution in [0.2, 0.25) is 0 Å². The molecule has 1 heterocycles. The van der Waals surface area contributed by atoms with Gasteiger partial charge in [-0.25, -0.2) is 0 Å². The summed E-state index contributed by atoms with van der Waals surface area (Å²) in [5.41, 5.74) is 1.14. The van der Waals surface area contributed by atoms with Gasteiger partial charge in [0, 0.05) is 10.9 Å². The molecule has 0 amide bonds. The second-order valence-electron chi connectivity index (χ2n) is 4.82. The zero-order valence-corrected chi connectivity index (χ0v) is 9.99. The number of methoxy groups -OCH3 is 1. The van der Waals surface area contributed by atoms with Crippen LogP contribution < -0.4 is 4.74 Å². The summed E-state index contributed by atoms with van der Waals surface area (Å²) in [5, 5.41) is 11.7. The molecule has 0 spiro atoms. The molecular formula is C14H17NO2. The summed E-state index contributed by atoms with van der Waals surface area (Å²) in [6.07, 6.45) is 3.79. The number of H-pyrrole nitrogens is 1. The van der Waals surface area contributed by atoms with E-state index in [0.29, 0.717) is 0 Å². The summed E-state index contributed by atoms with van der Waals surface area (Å²) >= 11 is 0. The predicted octanol–water partition coefficient (Wildman–Crippen LogP) is 2.94. The lowest BCUT2D eigenvalue weighted by Crippen LogP contribution is -2.22. The number of rotatable bonds is 2. The molecule has 1 fully saturated rings. The molecule has 90 valence electrons. The van der Waals surface area contributed by atoms with Crippen molar-refractivity contribution in [2.45, 2.75) is 31.3 Å². The SMILES string of the molecule is COc1c(C2(O)CCCC2)[nH]c2ccccc12. The van der Waals surface area contributed by atoms with Crippen LogP contribution in [0.4, 0.5) is 0 Å². The Labute approximate surface area is 100 Å². The third-order valence-corrected chi connectivity index (χ3v) is 3.76. The number of hydrogen-bond donors (Lipinski definition) is 2. The summed E-state index contributed by atoms with van der Waals surface area (Å²) in [6.45, 7) is 0. The third-order valence-electron chi connectivity index (χ3n) is 3.76. The van der Waals surface area contributed by atoms with Gasteiger partial charge in [0.1, 0.15) is 11.4 Å². The van der Waals surface area contributed by atoms with E-state index in [0.717, 1.165) is 48.0 Å². The van der Waals surface area contributed by atoms with Crippen molar-refractivity contribution in [3.63, 3.8) is 0 Å². The molecular weight excluding hydrogens is 214 g/mol. The lowest BCUT2D eigenvalue weighted by molar-refractivity contribution is 0.0382. The molecule has 0 aliphatic heterocycles. The molecule has 0 bridgehead atoms. The average molecular weight is 231 g/mol. The van der Waals surface area contributed by atoms with Crippen molar-refractivity contribution in [3.8, 4) is 5.75 Å². The van der Waals surface area contributed by atoms with Crippen molar-refractivity contribution in [2.75, 3.05) is 7.11 Å². The average Bonchev–Trinajstić information content (AvgIpc) is 2.93. The summed E-state index contributed by atoms with van der Waals surface area (Å²) in [7, 11) is 1.66. The predicted molar refractivity (Wildman–Crippen MR) is 67.2 cm³/mol. The fourth-order valence-corrected chi connectivity index (χ4v) is 2.87. The number of aromatic amines is 1. The van der Waals surface area contributed by atoms with Gasteiger partial charge in [0.15, 0.2) is 0 Å². The Morgan fingerprint density at radius 2 is 1.94 bits per heavy atom. The van der Waals surface area contributed by atoms with E-state index in [1.807, 2.05) is 24.3 Å². The molecule has 1 aliphatic carbocycles. The summed E-state index contributed by atoms with van der Waals surface area (Å²) in [5.74, 6) is 0.796. The van der Waals surface area contributed by atoms with E-state index in [2.05, 4.69) is 4.98 Å². The van der Waals surface area contributed by atoms with Crippen LogP contribution in [0.15, 0.2) is 24.3 Å². The number of benzene rings is 1. The monoisotopic (exact) mass is 231 g/mol. The van der Waals surface area contributed by atoms with Crippen LogP contribution in [0, 0.1) is 0 Å². The van der Waals surface area contributed by atoms with Gasteiger partial charge in [-0.05, 0) is 25.0 Å². The highest BCUT2D eigenvalue weighted by Gasteiger charge is 2.37. The van der Waals surface area contributed by atoms with Gasteiger partial charge < -0.3 is 14.8 Å². The van der Waals surface area contributed by atoms with Crippen LogP contribution in [0.1, 0.15) is 31.4 Å². The number of aliphatic hydroxyl groups is 1. The summed E-state index contributed by atoms with van der Waals surface area (Å²) in [4.78, 5) is 3.32. The van der Waals surface area contributed by atoms with Gasteiger partial charge in [-0.3, -0.25) is 0 Å². The fourth-order valence-electron chi connectivity index (χ4n) is 2.87. The van der Waals surface area contributed by atoms with Gasteiger partial charge in [0.05, 0.1) is 12.8 Å². The van der Waals surface area contributed by atoms with Gasteiger partial charge in [-0.1, -0.05) is 25.0 Å². The summed E-state index contributed by atoms with van der Waals surface area (Å²) in [6, 6.07) is 8.01. The van der Waals surface area contributed by atoms with E-state index in [1.54, 1.807) is 7.11 Å². The van der Waals surface area contributed by atoms with Gasteiger partial charge in [0.25, 0.3) is 0 Å². The highest BCUT2D eigenvalue weighted by Crippen LogP contribution is 2.44. The second kappa shape index (κ2) is 3.77. The highest BCUT2D eigenvalue weighted by atomic mass is 16.5. The quantitative estimate of drug-likeness (QED) is 0.834. The Balaban J connectivity index is 2.21. The first kappa shape index (κ1) is 10.7. The standard InChI is InChI=1S/C14H17NO2/c1-17-12-10-6-2-3-7-11(10)15-13(12)14(16)8-4-5-9-14/h2-3,6-7,15-16H,4-5,8-9H2,1H3. The molecule has 0 radical (unpaired) electrons. The zero-order valence-electron chi connectivity index (χ0n) is 9.99. The van der Waals surface area contributed by atoms with Gasteiger partial charge in [0.2, 0.25) is 0 Å². The largest absolute Gasteiger partial charge is 0.494 e. The molecule has 0 saturated heterocycles. The summed E-state index contributed by atoms with van der Waals surface area (Å²) < 4.78 is 5.48. The van der Waals surface area contributed by atoms with Crippen LogP contribution in [0.3, 0.4) is 0 Å². The minimum atomic E-state index is -0.732. The first-order valence-electron chi connectivity index (χ1n) is 6.12. The number of para-hydroxylation sites is 1. The lowest BCUT2D eigenvalue weighted by atomic mass is 9.97. The number of aromatic nitrogens is 1. The van der Waals surface area contributed by atoms with Crippen LogP contribution in [-0.2, 0) is 5.60 Å². The number of nitrogens with one attached hydrogen (secondary N) is 1. The van der Waals surface area contributed by atoms with E-state index >= 15 is 0 Å². The molecule has 0 unspecified atom stereocenters. The van der Waals surface area contributed by atoms with E-state index < -0.39 is 5.60 Å². The Kier molecular flexibility index (Phi) is 2.37. The van der Waals surface area contributed by atoms with Crippen LogP contribution in [0.25, 0.3) is 10.9 Å². The third kappa shape index (κ3) is 1.53. The van der Waals surface area contributed by atoms with E-state index in [4.69, 9.17) is 4.74 Å². The molecule has 3 heteroatoms. The second-order valence-corrected chi connectivity index (χ2v) is 4.82.